The molecule has 0 spiro atoms. The molecule has 3 N–H and O–H groups in total. The van der Waals surface area contributed by atoms with Gasteiger partial charge in [0.1, 0.15) is 17.2 Å². The lowest BCUT2D eigenvalue weighted by molar-refractivity contribution is 0.442. The van der Waals surface area contributed by atoms with Crippen LogP contribution in [-0.2, 0) is 12.8 Å². The van der Waals surface area contributed by atoms with Crippen LogP contribution in [0.2, 0.25) is 0 Å². The fraction of sp³-hybridized carbons (Fsp3) is 0.0769. The van der Waals surface area contributed by atoms with Gasteiger partial charge in [-0.1, -0.05) is 54.6 Å². The Hall–Kier alpha value is -4.32. The Labute approximate surface area is 184 Å². The van der Waals surface area contributed by atoms with E-state index in [1.54, 1.807) is 53.1 Å². The van der Waals surface area contributed by atoms with E-state index in [9.17, 15) is 15.3 Å². The van der Waals surface area contributed by atoms with Crippen molar-refractivity contribution in [3.8, 4) is 28.6 Å². The monoisotopic (exact) mass is 423 g/mol. The van der Waals surface area contributed by atoms with Crippen molar-refractivity contribution >= 4 is 5.65 Å². The van der Waals surface area contributed by atoms with Crippen molar-refractivity contribution < 1.29 is 15.3 Å². The summed E-state index contributed by atoms with van der Waals surface area (Å²) in [6.45, 7) is 0. The van der Waals surface area contributed by atoms with Crippen molar-refractivity contribution in [2.45, 2.75) is 12.8 Å². The van der Waals surface area contributed by atoms with Gasteiger partial charge >= 0.3 is 0 Å². The average Bonchev–Trinajstić information content (AvgIpc) is 3.12. The third-order valence-electron chi connectivity index (χ3n) is 5.38. The maximum atomic E-state index is 11.0. The summed E-state index contributed by atoms with van der Waals surface area (Å²) in [7, 11) is 0. The molecular formula is C26H21N3O3. The number of rotatable bonds is 5. The summed E-state index contributed by atoms with van der Waals surface area (Å²) in [4.78, 5) is 9.56. The first-order chi connectivity index (χ1) is 15.6. The summed E-state index contributed by atoms with van der Waals surface area (Å²) in [5.74, 6) is 0.390. The van der Waals surface area contributed by atoms with Gasteiger partial charge in [-0.05, 0) is 35.4 Å². The third kappa shape index (κ3) is 3.86. The first-order valence-electron chi connectivity index (χ1n) is 10.3. The molecule has 3 aromatic carbocycles. The quantitative estimate of drug-likeness (QED) is 0.381. The number of imidazole rings is 1. The topological polar surface area (TPSA) is 90.9 Å². The highest BCUT2D eigenvalue weighted by atomic mass is 16.3. The number of fused-ring (bicyclic) bond motifs is 1. The zero-order chi connectivity index (χ0) is 22.1. The molecule has 0 saturated heterocycles. The minimum Gasteiger partial charge on any atom is -0.508 e. The maximum absolute atomic E-state index is 11.0. The molecular weight excluding hydrogens is 402 g/mol. The molecule has 0 fully saturated rings. The second-order valence-electron chi connectivity index (χ2n) is 7.70. The first-order valence-corrected chi connectivity index (χ1v) is 10.3. The van der Waals surface area contributed by atoms with Gasteiger partial charge in [-0.3, -0.25) is 4.40 Å². The Balaban J connectivity index is 1.65. The minimum absolute atomic E-state index is 0.0474. The van der Waals surface area contributed by atoms with E-state index in [-0.39, 0.29) is 17.4 Å². The average molecular weight is 423 g/mol. The molecule has 0 aliphatic rings. The largest absolute Gasteiger partial charge is 0.508 e. The van der Waals surface area contributed by atoms with Gasteiger partial charge in [0.05, 0.1) is 11.4 Å². The summed E-state index contributed by atoms with van der Waals surface area (Å²) in [5, 5.41) is 30.4. The first kappa shape index (κ1) is 19.6. The van der Waals surface area contributed by atoms with Crippen molar-refractivity contribution in [1.29, 1.82) is 0 Å². The van der Waals surface area contributed by atoms with Crippen LogP contribution in [0.15, 0.2) is 85.1 Å². The number of phenolic OH excluding ortho intramolecular Hbond substituents is 2. The molecule has 0 unspecified atom stereocenters. The maximum Gasteiger partial charge on any atom is 0.219 e. The summed E-state index contributed by atoms with van der Waals surface area (Å²) in [6.07, 6.45) is 2.70. The molecule has 5 aromatic rings. The van der Waals surface area contributed by atoms with Gasteiger partial charge in [0, 0.05) is 24.6 Å². The van der Waals surface area contributed by atoms with Crippen molar-refractivity contribution in [2.75, 3.05) is 0 Å². The predicted molar refractivity (Wildman–Crippen MR) is 122 cm³/mol. The molecule has 5 rings (SSSR count). The van der Waals surface area contributed by atoms with Gasteiger partial charge in [-0.15, -0.1) is 0 Å². The van der Waals surface area contributed by atoms with Crippen LogP contribution in [0.5, 0.6) is 17.4 Å². The summed E-state index contributed by atoms with van der Waals surface area (Å²) in [6, 6.07) is 23.7. The zero-order valence-electron chi connectivity index (χ0n) is 17.2. The molecule has 0 aliphatic carbocycles. The molecule has 2 heterocycles. The zero-order valence-corrected chi connectivity index (χ0v) is 17.2. The van der Waals surface area contributed by atoms with Crippen molar-refractivity contribution in [3.63, 3.8) is 0 Å². The van der Waals surface area contributed by atoms with Gasteiger partial charge in [0.25, 0.3) is 0 Å². The lowest BCUT2D eigenvalue weighted by Crippen LogP contribution is -2.00. The fourth-order valence-electron chi connectivity index (χ4n) is 3.78. The summed E-state index contributed by atoms with van der Waals surface area (Å²) >= 11 is 0. The van der Waals surface area contributed by atoms with E-state index in [1.807, 2.05) is 36.4 Å². The van der Waals surface area contributed by atoms with Gasteiger partial charge in [0.15, 0.2) is 5.65 Å². The predicted octanol–water partition coefficient (Wildman–Crippen LogP) is 4.69. The molecule has 6 nitrogen and oxygen atoms in total. The Kier molecular flexibility index (Phi) is 4.95. The number of hydrogen-bond acceptors (Lipinski definition) is 5. The molecule has 0 aliphatic heterocycles. The number of nitrogens with zero attached hydrogens (tertiary/aromatic N) is 3. The Morgan fingerprint density at radius 2 is 1.38 bits per heavy atom. The SMILES string of the molecule is Oc1ccc(Cc2nc3c(Cc4ccccc4)nc(-c4cccc(O)c4)cn3c2O)cc1. The molecule has 6 heteroatoms. The van der Waals surface area contributed by atoms with Crippen molar-refractivity contribution in [2.24, 2.45) is 0 Å². The molecule has 2 aromatic heterocycles. The molecule has 32 heavy (non-hydrogen) atoms. The number of aromatic hydroxyl groups is 3. The van der Waals surface area contributed by atoms with E-state index in [0.29, 0.717) is 29.9 Å². The van der Waals surface area contributed by atoms with Crippen LogP contribution in [0.25, 0.3) is 16.9 Å². The lowest BCUT2D eigenvalue weighted by Gasteiger charge is -2.09. The summed E-state index contributed by atoms with van der Waals surface area (Å²) < 4.78 is 1.65. The Morgan fingerprint density at radius 1 is 0.656 bits per heavy atom. The van der Waals surface area contributed by atoms with Gasteiger partial charge in [-0.25, -0.2) is 9.97 Å². The number of benzene rings is 3. The van der Waals surface area contributed by atoms with Crippen LogP contribution in [0.4, 0.5) is 0 Å². The molecule has 0 radical (unpaired) electrons. The van der Waals surface area contributed by atoms with E-state index in [2.05, 4.69) is 0 Å². The molecule has 0 bridgehead atoms. The summed E-state index contributed by atoms with van der Waals surface area (Å²) in [5.41, 5.74) is 5.22. The Morgan fingerprint density at radius 3 is 2.12 bits per heavy atom. The normalized spacial score (nSPS) is 11.1. The van der Waals surface area contributed by atoms with E-state index >= 15 is 0 Å². The van der Waals surface area contributed by atoms with Gasteiger partial charge < -0.3 is 15.3 Å². The molecule has 0 atom stereocenters. The molecule has 0 saturated carbocycles. The van der Waals surface area contributed by atoms with E-state index < -0.39 is 0 Å². The second kappa shape index (κ2) is 8.07. The molecule has 0 amide bonds. The smallest absolute Gasteiger partial charge is 0.219 e. The number of aromatic nitrogens is 3. The van der Waals surface area contributed by atoms with Crippen LogP contribution in [0.3, 0.4) is 0 Å². The Bertz CT molecular complexity index is 1390. The molecule has 158 valence electrons. The highest BCUT2D eigenvalue weighted by Gasteiger charge is 2.18. The third-order valence-corrected chi connectivity index (χ3v) is 5.38. The van der Waals surface area contributed by atoms with Crippen LogP contribution < -0.4 is 0 Å². The second-order valence-corrected chi connectivity index (χ2v) is 7.70. The van der Waals surface area contributed by atoms with E-state index in [0.717, 1.165) is 22.4 Å². The van der Waals surface area contributed by atoms with Crippen LogP contribution >= 0.6 is 0 Å². The van der Waals surface area contributed by atoms with Gasteiger partial charge in [0.2, 0.25) is 5.88 Å². The van der Waals surface area contributed by atoms with Crippen LogP contribution in [-0.4, -0.2) is 29.7 Å². The standard InChI is InChI=1S/C26H21N3O3/c30-20-11-9-18(10-12-20)14-23-26(32)29-16-24(19-7-4-8-21(31)15-19)27-22(25(29)28-23)13-17-5-2-1-3-6-17/h1-12,15-16,30-32H,13-14H2. The minimum atomic E-state index is 0.0474. The number of phenols is 2. The van der Waals surface area contributed by atoms with Crippen molar-refractivity contribution in [3.05, 3.63) is 108 Å². The fourth-order valence-corrected chi connectivity index (χ4v) is 3.78. The highest BCUT2D eigenvalue weighted by molar-refractivity contribution is 5.64. The number of hydrogen-bond donors (Lipinski definition) is 3. The van der Waals surface area contributed by atoms with E-state index in [4.69, 9.17) is 9.97 Å². The van der Waals surface area contributed by atoms with Gasteiger partial charge in [-0.2, -0.15) is 0 Å². The highest BCUT2D eigenvalue weighted by Crippen LogP contribution is 2.29. The lowest BCUT2D eigenvalue weighted by atomic mass is 10.1. The van der Waals surface area contributed by atoms with Crippen LogP contribution in [0, 0.1) is 0 Å². The van der Waals surface area contributed by atoms with E-state index in [1.165, 1.54) is 0 Å². The van der Waals surface area contributed by atoms with Crippen molar-refractivity contribution in [1.82, 2.24) is 14.4 Å². The van der Waals surface area contributed by atoms with Crippen LogP contribution in [0.1, 0.15) is 22.5 Å².